The van der Waals surface area contributed by atoms with Crippen molar-refractivity contribution in [2.24, 2.45) is 11.3 Å². The van der Waals surface area contributed by atoms with Crippen LogP contribution in [-0.2, 0) is 0 Å². The van der Waals surface area contributed by atoms with Gasteiger partial charge in [-0.2, -0.15) is 0 Å². The zero-order chi connectivity index (χ0) is 12.6. The average molecular weight is 227 g/mol. The van der Waals surface area contributed by atoms with Crippen LogP contribution in [0.2, 0.25) is 0 Å². The molecule has 0 aromatic carbocycles. The molecular weight excluding hydrogens is 194 g/mol. The molecule has 0 amide bonds. The SMILES string of the molecule is CCCC(CCC)C(CCC(C)(C)C)NC. The third kappa shape index (κ3) is 7.27. The zero-order valence-corrected chi connectivity index (χ0v) is 12.4. The summed E-state index contributed by atoms with van der Waals surface area (Å²) < 4.78 is 0. The van der Waals surface area contributed by atoms with Crippen LogP contribution in [0.15, 0.2) is 0 Å². The number of rotatable bonds is 8. The monoisotopic (exact) mass is 227 g/mol. The molecule has 0 aliphatic rings. The van der Waals surface area contributed by atoms with Gasteiger partial charge in [0.2, 0.25) is 0 Å². The van der Waals surface area contributed by atoms with Gasteiger partial charge >= 0.3 is 0 Å². The first-order valence-electron chi connectivity index (χ1n) is 7.11. The second-order valence-electron chi connectivity index (χ2n) is 6.33. The molecule has 0 aromatic heterocycles. The van der Waals surface area contributed by atoms with Crippen molar-refractivity contribution >= 4 is 0 Å². The van der Waals surface area contributed by atoms with Crippen molar-refractivity contribution < 1.29 is 0 Å². The Kier molecular flexibility index (Phi) is 8.09. The maximum atomic E-state index is 3.54. The average Bonchev–Trinajstić information content (AvgIpc) is 2.17. The molecule has 1 nitrogen and oxygen atoms in total. The molecule has 98 valence electrons. The van der Waals surface area contributed by atoms with E-state index in [-0.39, 0.29) is 0 Å². The molecule has 1 heteroatoms. The Hall–Kier alpha value is -0.0400. The first-order chi connectivity index (χ1) is 7.44. The lowest BCUT2D eigenvalue weighted by Crippen LogP contribution is -2.34. The van der Waals surface area contributed by atoms with Crippen LogP contribution in [0.3, 0.4) is 0 Å². The molecule has 1 N–H and O–H groups in total. The second kappa shape index (κ2) is 8.11. The molecule has 0 aliphatic carbocycles. The zero-order valence-electron chi connectivity index (χ0n) is 12.4. The van der Waals surface area contributed by atoms with E-state index in [4.69, 9.17) is 0 Å². The highest BCUT2D eigenvalue weighted by Crippen LogP contribution is 2.26. The summed E-state index contributed by atoms with van der Waals surface area (Å²) in [6, 6.07) is 0.721. The Labute approximate surface area is 103 Å². The highest BCUT2D eigenvalue weighted by molar-refractivity contribution is 4.77. The van der Waals surface area contributed by atoms with Crippen molar-refractivity contribution in [1.82, 2.24) is 5.32 Å². The van der Waals surface area contributed by atoms with Gasteiger partial charge in [0.15, 0.2) is 0 Å². The third-order valence-corrected chi connectivity index (χ3v) is 3.46. The van der Waals surface area contributed by atoms with Crippen molar-refractivity contribution in [3.8, 4) is 0 Å². The standard InChI is InChI=1S/C15H33N/c1-7-9-13(10-8-2)14(16-6)11-12-15(3,4)5/h13-14,16H,7-12H2,1-6H3. The third-order valence-electron chi connectivity index (χ3n) is 3.46. The number of hydrogen-bond acceptors (Lipinski definition) is 1. The molecular formula is C15H33N. The van der Waals surface area contributed by atoms with Crippen molar-refractivity contribution in [2.75, 3.05) is 7.05 Å². The molecule has 0 aliphatic heterocycles. The summed E-state index contributed by atoms with van der Waals surface area (Å²) in [5, 5.41) is 3.54. The fourth-order valence-electron chi connectivity index (χ4n) is 2.49. The second-order valence-corrected chi connectivity index (χ2v) is 6.33. The van der Waals surface area contributed by atoms with Crippen LogP contribution in [-0.4, -0.2) is 13.1 Å². The Morgan fingerprint density at radius 2 is 1.44 bits per heavy atom. The Morgan fingerprint density at radius 1 is 0.938 bits per heavy atom. The molecule has 0 rings (SSSR count). The fraction of sp³-hybridized carbons (Fsp3) is 1.00. The quantitative estimate of drug-likeness (QED) is 0.638. The predicted octanol–water partition coefficient (Wildman–Crippen LogP) is 4.62. The van der Waals surface area contributed by atoms with Crippen LogP contribution in [0, 0.1) is 11.3 Å². The van der Waals surface area contributed by atoms with Crippen LogP contribution in [0.4, 0.5) is 0 Å². The molecule has 0 aromatic rings. The van der Waals surface area contributed by atoms with E-state index in [9.17, 15) is 0 Å². The Morgan fingerprint density at radius 3 is 1.75 bits per heavy atom. The summed E-state index contributed by atoms with van der Waals surface area (Å²) in [6.45, 7) is 11.6. The topological polar surface area (TPSA) is 12.0 Å². The van der Waals surface area contributed by atoms with E-state index in [1.165, 1.54) is 38.5 Å². The van der Waals surface area contributed by atoms with Gasteiger partial charge in [-0.3, -0.25) is 0 Å². The van der Waals surface area contributed by atoms with Crippen LogP contribution in [0.1, 0.15) is 73.1 Å². The van der Waals surface area contributed by atoms with Gasteiger partial charge < -0.3 is 5.32 Å². The van der Waals surface area contributed by atoms with E-state index >= 15 is 0 Å². The summed E-state index contributed by atoms with van der Waals surface area (Å²) in [5.41, 5.74) is 0.470. The minimum atomic E-state index is 0.470. The van der Waals surface area contributed by atoms with Gasteiger partial charge in [0.25, 0.3) is 0 Å². The lowest BCUT2D eigenvalue weighted by Gasteiger charge is -2.29. The van der Waals surface area contributed by atoms with Crippen molar-refractivity contribution in [2.45, 2.75) is 79.2 Å². The van der Waals surface area contributed by atoms with E-state index < -0.39 is 0 Å². The van der Waals surface area contributed by atoms with Gasteiger partial charge in [-0.15, -0.1) is 0 Å². The van der Waals surface area contributed by atoms with E-state index in [0.29, 0.717) is 5.41 Å². The predicted molar refractivity (Wildman–Crippen MR) is 74.8 cm³/mol. The van der Waals surface area contributed by atoms with Gasteiger partial charge in [0.05, 0.1) is 0 Å². The Balaban J connectivity index is 4.19. The number of nitrogens with one attached hydrogen (secondary N) is 1. The molecule has 0 bridgehead atoms. The van der Waals surface area contributed by atoms with E-state index in [0.717, 1.165) is 12.0 Å². The van der Waals surface area contributed by atoms with E-state index in [1.807, 2.05) is 0 Å². The first-order valence-corrected chi connectivity index (χ1v) is 7.11. The van der Waals surface area contributed by atoms with Crippen LogP contribution < -0.4 is 5.32 Å². The maximum absolute atomic E-state index is 3.54. The molecule has 0 saturated carbocycles. The number of hydrogen-bond donors (Lipinski definition) is 1. The summed E-state index contributed by atoms with van der Waals surface area (Å²) in [4.78, 5) is 0. The molecule has 16 heavy (non-hydrogen) atoms. The van der Waals surface area contributed by atoms with E-state index in [1.54, 1.807) is 0 Å². The maximum Gasteiger partial charge on any atom is 0.00925 e. The highest BCUT2D eigenvalue weighted by Gasteiger charge is 2.20. The van der Waals surface area contributed by atoms with Crippen molar-refractivity contribution in [3.05, 3.63) is 0 Å². The summed E-state index contributed by atoms with van der Waals surface area (Å²) in [7, 11) is 2.13. The fourth-order valence-corrected chi connectivity index (χ4v) is 2.49. The first kappa shape index (κ1) is 16.0. The van der Waals surface area contributed by atoms with Crippen LogP contribution >= 0.6 is 0 Å². The highest BCUT2D eigenvalue weighted by atomic mass is 14.9. The summed E-state index contributed by atoms with van der Waals surface area (Å²) in [6.07, 6.45) is 8.04. The van der Waals surface area contributed by atoms with Gasteiger partial charge in [0.1, 0.15) is 0 Å². The lowest BCUT2D eigenvalue weighted by atomic mass is 9.82. The van der Waals surface area contributed by atoms with Crippen LogP contribution in [0.5, 0.6) is 0 Å². The molecule has 0 spiro atoms. The minimum Gasteiger partial charge on any atom is -0.317 e. The van der Waals surface area contributed by atoms with Crippen LogP contribution in [0.25, 0.3) is 0 Å². The lowest BCUT2D eigenvalue weighted by molar-refractivity contribution is 0.265. The van der Waals surface area contributed by atoms with Gasteiger partial charge in [0, 0.05) is 6.04 Å². The summed E-state index contributed by atoms with van der Waals surface area (Å²) >= 11 is 0. The largest absolute Gasteiger partial charge is 0.317 e. The van der Waals surface area contributed by atoms with Crippen molar-refractivity contribution in [1.29, 1.82) is 0 Å². The minimum absolute atomic E-state index is 0.470. The van der Waals surface area contributed by atoms with Crippen molar-refractivity contribution in [3.63, 3.8) is 0 Å². The molecule has 0 radical (unpaired) electrons. The normalized spacial score (nSPS) is 14.4. The molecule has 1 unspecified atom stereocenters. The molecule has 0 fully saturated rings. The molecule has 1 atom stereocenters. The molecule has 0 heterocycles. The van der Waals surface area contributed by atoms with Gasteiger partial charge in [-0.1, -0.05) is 47.5 Å². The van der Waals surface area contributed by atoms with E-state index in [2.05, 4.69) is 47.0 Å². The summed E-state index contributed by atoms with van der Waals surface area (Å²) in [5.74, 6) is 0.877. The Bertz CT molecular complexity index is 151. The van der Waals surface area contributed by atoms with Gasteiger partial charge in [-0.05, 0) is 44.1 Å². The smallest absolute Gasteiger partial charge is 0.00925 e. The molecule has 0 saturated heterocycles. The van der Waals surface area contributed by atoms with Gasteiger partial charge in [-0.25, -0.2) is 0 Å².